The number of anilines is 1. The third-order valence-electron chi connectivity index (χ3n) is 6.29. The Kier molecular flexibility index (Phi) is 7.61. The Morgan fingerprint density at radius 3 is 2.52 bits per heavy atom. The maximum absolute atomic E-state index is 12.7. The molecular formula is C21H32IN5O2. The summed E-state index contributed by atoms with van der Waals surface area (Å²) in [5.74, 6) is 0.979. The molecule has 0 bridgehead atoms. The van der Waals surface area contributed by atoms with Gasteiger partial charge in [-0.25, -0.2) is 0 Å². The van der Waals surface area contributed by atoms with Crippen LogP contribution < -0.4 is 10.2 Å². The predicted octanol–water partition coefficient (Wildman–Crippen LogP) is 1.64. The molecule has 7 nitrogen and oxygen atoms in total. The summed E-state index contributed by atoms with van der Waals surface area (Å²) in [6, 6.07) is 10.4. The molecule has 1 amide bonds. The van der Waals surface area contributed by atoms with Crippen LogP contribution in [0.2, 0.25) is 0 Å². The Labute approximate surface area is 190 Å². The van der Waals surface area contributed by atoms with Gasteiger partial charge in [0, 0.05) is 64.0 Å². The fourth-order valence-electron chi connectivity index (χ4n) is 4.54. The zero-order valence-electron chi connectivity index (χ0n) is 17.2. The van der Waals surface area contributed by atoms with Crippen LogP contribution in [0.3, 0.4) is 0 Å². The van der Waals surface area contributed by atoms with Gasteiger partial charge in [-0.05, 0) is 25.0 Å². The molecule has 0 radical (unpaired) electrons. The van der Waals surface area contributed by atoms with Gasteiger partial charge in [0.1, 0.15) is 0 Å². The molecule has 0 aliphatic carbocycles. The maximum Gasteiger partial charge on any atom is 0.242 e. The molecule has 0 aromatic heterocycles. The highest BCUT2D eigenvalue weighted by molar-refractivity contribution is 14.0. The minimum Gasteiger partial charge on any atom is -0.381 e. The van der Waals surface area contributed by atoms with Gasteiger partial charge in [0.2, 0.25) is 5.91 Å². The van der Waals surface area contributed by atoms with Crippen LogP contribution in [-0.4, -0.2) is 87.7 Å². The lowest BCUT2D eigenvalue weighted by Gasteiger charge is -2.36. The number of aliphatic imine (C=N–C) groups is 1. The highest BCUT2D eigenvalue weighted by Crippen LogP contribution is 2.38. The summed E-state index contributed by atoms with van der Waals surface area (Å²) in [7, 11) is 1.79. The van der Waals surface area contributed by atoms with Crippen LogP contribution in [0.5, 0.6) is 0 Å². The molecular weight excluding hydrogens is 481 g/mol. The molecule has 160 valence electrons. The highest BCUT2D eigenvalue weighted by Gasteiger charge is 2.42. The van der Waals surface area contributed by atoms with Crippen LogP contribution in [0.4, 0.5) is 5.69 Å². The normalized spacial score (nSPS) is 24.7. The first-order valence-corrected chi connectivity index (χ1v) is 10.3. The number of halogens is 1. The van der Waals surface area contributed by atoms with Crippen molar-refractivity contribution in [2.24, 2.45) is 10.4 Å². The van der Waals surface area contributed by atoms with Crippen LogP contribution in [0.1, 0.15) is 12.8 Å². The van der Waals surface area contributed by atoms with E-state index in [-0.39, 0.29) is 35.3 Å². The van der Waals surface area contributed by atoms with E-state index >= 15 is 0 Å². The Hall–Kier alpha value is -1.55. The molecule has 1 N–H and O–H groups in total. The molecule has 3 aliphatic heterocycles. The SMILES string of the molecule is CN=C(NCC(=O)N1CCN(c2ccccc2)CC1)N1CCC2(CCOC2)C1.I. The third-order valence-corrected chi connectivity index (χ3v) is 6.29. The van der Waals surface area contributed by atoms with Gasteiger partial charge in [-0.2, -0.15) is 0 Å². The van der Waals surface area contributed by atoms with E-state index in [1.54, 1.807) is 7.05 Å². The Morgan fingerprint density at radius 1 is 1.10 bits per heavy atom. The number of carbonyl (C=O) groups excluding carboxylic acids is 1. The summed E-state index contributed by atoms with van der Waals surface area (Å²) < 4.78 is 5.61. The molecule has 1 atom stereocenters. The number of nitrogens with one attached hydrogen (secondary N) is 1. The number of ether oxygens (including phenoxy) is 1. The highest BCUT2D eigenvalue weighted by atomic mass is 127. The molecule has 4 rings (SSSR count). The molecule has 3 heterocycles. The van der Waals surface area contributed by atoms with Crippen molar-refractivity contribution >= 4 is 41.5 Å². The number of hydrogen-bond acceptors (Lipinski definition) is 4. The van der Waals surface area contributed by atoms with Gasteiger partial charge in [0.05, 0.1) is 13.2 Å². The van der Waals surface area contributed by atoms with E-state index in [2.05, 4.69) is 44.4 Å². The molecule has 1 aromatic carbocycles. The van der Waals surface area contributed by atoms with Gasteiger partial charge in [-0.15, -0.1) is 24.0 Å². The van der Waals surface area contributed by atoms with E-state index in [1.165, 1.54) is 5.69 Å². The Morgan fingerprint density at radius 2 is 1.86 bits per heavy atom. The first-order chi connectivity index (χ1) is 13.7. The second kappa shape index (κ2) is 9.97. The summed E-state index contributed by atoms with van der Waals surface area (Å²) in [6.07, 6.45) is 2.27. The Balaban J connectivity index is 0.00000240. The standard InChI is InChI=1S/C21H31N5O2.HI/c1-22-20(26-9-7-21(16-26)8-14-28-17-21)23-15-19(27)25-12-10-24(11-13-25)18-5-3-2-4-6-18;/h2-6H,7-17H2,1H3,(H,22,23);1H. The first kappa shape index (κ1) is 22.1. The number of piperazine rings is 1. The van der Waals surface area contributed by atoms with E-state index in [9.17, 15) is 4.79 Å². The third kappa shape index (κ3) is 5.14. The summed E-state index contributed by atoms with van der Waals surface area (Å²) in [6.45, 7) is 7.24. The van der Waals surface area contributed by atoms with E-state index in [1.807, 2.05) is 11.0 Å². The lowest BCUT2D eigenvalue weighted by molar-refractivity contribution is -0.130. The molecule has 1 unspecified atom stereocenters. The fraction of sp³-hybridized carbons (Fsp3) is 0.619. The van der Waals surface area contributed by atoms with E-state index in [4.69, 9.17) is 4.74 Å². The van der Waals surface area contributed by atoms with Crippen LogP contribution in [0.15, 0.2) is 35.3 Å². The molecule has 0 saturated carbocycles. The summed E-state index contributed by atoms with van der Waals surface area (Å²) >= 11 is 0. The predicted molar refractivity (Wildman–Crippen MR) is 126 cm³/mol. The van der Waals surface area contributed by atoms with Crippen molar-refractivity contribution in [1.29, 1.82) is 0 Å². The minimum absolute atomic E-state index is 0. The van der Waals surface area contributed by atoms with Crippen LogP contribution in [0, 0.1) is 5.41 Å². The average molecular weight is 513 g/mol. The van der Waals surface area contributed by atoms with Crippen molar-refractivity contribution in [3.8, 4) is 0 Å². The van der Waals surface area contributed by atoms with Gasteiger partial charge in [0.25, 0.3) is 0 Å². The second-order valence-electron chi connectivity index (χ2n) is 8.08. The Bertz CT molecular complexity index is 700. The van der Waals surface area contributed by atoms with Gasteiger partial charge >= 0.3 is 0 Å². The van der Waals surface area contributed by atoms with Gasteiger partial charge in [0.15, 0.2) is 5.96 Å². The molecule has 8 heteroatoms. The van der Waals surface area contributed by atoms with Gasteiger partial charge in [-0.3, -0.25) is 9.79 Å². The number of benzene rings is 1. The van der Waals surface area contributed by atoms with E-state index in [0.29, 0.717) is 6.54 Å². The average Bonchev–Trinajstić information content (AvgIpc) is 3.39. The number of guanidine groups is 1. The molecule has 1 aromatic rings. The summed E-state index contributed by atoms with van der Waals surface area (Å²) in [5.41, 5.74) is 1.52. The van der Waals surface area contributed by atoms with Crippen LogP contribution in [-0.2, 0) is 9.53 Å². The smallest absolute Gasteiger partial charge is 0.242 e. The summed E-state index contributed by atoms with van der Waals surface area (Å²) in [4.78, 5) is 23.6. The zero-order valence-corrected chi connectivity index (χ0v) is 19.5. The van der Waals surface area contributed by atoms with Crippen molar-refractivity contribution in [1.82, 2.24) is 15.1 Å². The lowest BCUT2D eigenvalue weighted by Crippen LogP contribution is -2.52. The van der Waals surface area contributed by atoms with Crippen molar-refractivity contribution < 1.29 is 9.53 Å². The quantitative estimate of drug-likeness (QED) is 0.379. The first-order valence-electron chi connectivity index (χ1n) is 10.3. The number of rotatable bonds is 3. The van der Waals surface area contributed by atoms with Crippen molar-refractivity contribution in [2.45, 2.75) is 12.8 Å². The van der Waals surface area contributed by atoms with E-state index < -0.39 is 0 Å². The fourth-order valence-corrected chi connectivity index (χ4v) is 4.54. The molecule has 1 spiro atoms. The number of amides is 1. The monoisotopic (exact) mass is 513 g/mol. The zero-order chi connectivity index (χ0) is 19.4. The topological polar surface area (TPSA) is 60.4 Å². The number of likely N-dealkylation sites (tertiary alicyclic amines) is 1. The number of carbonyl (C=O) groups is 1. The van der Waals surface area contributed by atoms with Gasteiger partial charge < -0.3 is 24.8 Å². The maximum atomic E-state index is 12.7. The number of hydrogen-bond donors (Lipinski definition) is 1. The van der Waals surface area contributed by atoms with Gasteiger partial charge in [-0.1, -0.05) is 18.2 Å². The molecule has 29 heavy (non-hydrogen) atoms. The lowest BCUT2D eigenvalue weighted by atomic mass is 9.87. The number of para-hydroxylation sites is 1. The summed E-state index contributed by atoms with van der Waals surface area (Å²) in [5, 5.41) is 3.29. The van der Waals surface area contributed by atoms with Crippen LogP contribution >= 0.6 is 24.0 Å². The molecule has 3 saturated heterocycles. The van der Waals surface area contributed by atoms with Crippen LogP contribution in [0.25, 0.3) is 0 Å². The second-order valence-corrected chi connectivity index (χ2v) is 8.08. The molecule has 3 aliphatic rings. The minimum atomic E-state index is 0. The molecule has 3 fully saturated rings. The van der Waals surface area contributed by atoms with Crippen molar-refractivity contribution in [3.05, 3.63) is 30.3 Å². The number of nitrogens with zero attached hydrogens (tertiary/aromatic N) is 4. The van der Waals surface area contributed by atoms with Crippen molar-refractivity contribution in [3.63, 3.8) is 0 Å². The van der Waals surface area contributed by atoms with Crippen molar-refractivity contribution in [2.75, 3.05) is 71.0 Å². The van der Waals surface area contributed by atoms with E-state index in [0.717, 1.165) is 71.3 Å². The largest absolute Gasteiger partial charge is 0.381 e.